The normalized spacial score (nSPS) is 17.2. The Morgan fingerprint density at radius 2 is 1.97 bits per heavy atom. The van der Waals surface area contributed by atoms with Gasteiger partial charge < -0.3 is 9.73 Å². The van der Waals surface area contributed by atoms with Gasteiger partial charge in [-0.1, -0.05) is 23.2 Å². The molecule has 0 aliphatic carbocycles. The summed E-state index contributed by atoms with van der Waals surface area (Å²) in [5.74, 6) is 0.455. The first-order valence-corrected chi connectivity index (χ1v) is 11.8. The van der Waals surface area contributed by atoms with E-state index >= 15 is 0 Å². The van der Waals surface area contributed by atoms with E-state index in [4.69, 9.17) is 27.6 Å². The van der Waals surface area contributed by atoms with Crippen molar-refractivity contribution in [3.8, 4) is 0 Å². The number of nitrogens with zero attached hydrogens (tertiary/aromatic N) is 2. The molecule has 1 aliphatic heterocycles. The van der Waals surface area contributed by atoms with Crippen molar-refractivity contribution >= 4 is 39.1 Å². The number of piperidine rings is 1. The number of rotatable bonds is 7. The molecule has 1 atom stereocenters. The van der Waals surface area contributed by atoms with Crippen LogP contribution in [0, 0.1) is 5.92 Å². The van der Waals surface area contributed by atoms with Gasteiger partial charge in [0.05, 0.1) is 17.3 Å². The Hall–Kier alpha value is -1.58. The predicted molar refractivity (Wildman–Crippen MR) is 116 cm³/mol. The fraction of sp³-hybridized carbons (Fsp3) is 0.450. The molecule has 0 radical (unpaired) electrons. The lowest BCUT2D eigenvalue weighted by molar-refractivity contribution is -0.126. The van der Waals surface area contributed by atoms with Gasteiger partial charge in [0.25, 0.3) is 0 Å². The van der Waals surface area contributed by atoms with Crippen LogP contribution < -0.4 is 5.32 Å². The number of carbonyl (C=O) groups excluding carboxylic acids is 1. The number of carbonyl (C=O) groups is 1. The molecule has 1 aromatic carbocycles. The van der Waals surface area contributed by atoms with Crippen LogP contribution in [0.4, 0.5) is 0 Å². The summed E-state index contributed by atoms with van der Waals surface area (Å²) in [6.07, 6.45) is 2.49. The molecule has 1 fully saturated rings. The minimum atomic E-state index is -3.76. The van der Waals surface area contributed by atoms with Crippen LogP contribution in [0.5, 0.6) is 0 Å². The zero-order valence-corrected chi connectivity index (χ0v) is 19.2. The quantitative estimate of drug-likeness (QED) is 0.665. The van der Waals surface area contributed by atoms with Gasteiger partial charge in [-0.3, -0.25) is 9.69 Å². The highest BCUT2D eigenvalue weighted by Crippen LogP contribution is 2.30. The van der Waals surface area contributed by atoms with Gasteiger partial charge in [-0.05, 0) is 57.3 Å². The van der Waals surface area contributed by atoms with Crippen molar-refractivity contribution in [3.05, 3.63) is 52.4 Å². The summed E-state index contributed by atoms with van der Waals surface area (Å²) >= 11 is 12.0. The number of hydrogen-bond donors (Lipinski definition) is 1. The number of furan rings is 1. The molecule has 1 amide bonds. The van der Waals surface area contributed by atoms with Crippen LogP contribution in [0.15, 0.2) is 45.9 Å². The van der Waals surface area contributed by atoms with Crippen molar-refractivity contribution in [2.45, 2.75) is 23.8 Å². The number of sulfonamides is 1. The molecular formula is C20H25Cl2N3O4S. The standard InChI is InChI=1S/C20H25Cl2N3O4S/c1-24(2)17(18-4-3-11-29-18)13-23-20(26)14-7-9-25(10-8-14)30(27,28)19-12-15(21)5-6-16(19)22/h3-6,11-12,14,17H,7-10,13H2,1-2H3,(H,23,26). The van der Waals surface area contributed by atoms with Crippen LogP contribution in [0.25, 0.3) is 0 Å². The smallest absolute Gasteiger partial charge is 0.244 e. The fourth-order valence-electron chi connectivity index (χ4n) is 3.53. The molecule has 2 heterocycles. The third kappa shape index (κ3) is 5.18. The second-order valence-electron chi connectivity index (χ2n) is 7.49. The first-order chi connectivity index (χ1) is 14.2. The van der Waals surface area contributed by atoms with Crippen molar-refractivity contribution in [2.24, 2.45) is 5.92 Å². The second-order valence-corrected chi connectivity index (χ2v) is 10.2. The van der Waals surface area contributed by atoms with Crippen molar-refractivity contribution in [1.29, 1.82) is 0 Å². The number of nitrogens with one attached hydrogen (secondary N) is 1. The van der Waals surface area contributed by atoms with E-state index in [9.17, 15) is 13.2 Å². The van der Waals surface area contributed by atoms with Crippen molar-refractivity contribution < 1.29 is 17.6 Å². The van der Waals surface area contributed by atoms with E-state index in [1.165, 1.54) is 16.4 Å². The van der Waals surface area contributed by atoms with E-state index in [1.54, 1.807) is 12.3 Å². The summed E-state index contributed by atoms with van der Waals surface area (Å²) in [7, 11) is 0.0758. The van der Waals surface area contributed by atoms with Gasteiger partial charge >= 0.3 is 0 Å². The topological polar surface area (TPSA) is 82.9 Å². The molecule has 164 valence electrons. The van der Waals surface area contributed by atoms with Gasteiger partial charge in [-0.15, -0.1) is 0 Å². The van der Waals surface area contributed by atoms with Gasteiger partial charge in [0.15, 0.2) is 0 Å². The van der Waals surface area contributed by atoms with Crippen LogP contribution in [0.2, 0.25) is 10.0 Å². The maximum atomic E-state index is 12.9. The fourth-order valence-corrected chi connectivity index (χ4v) is 5.74. The molecule has 0 saturated carbocycles. The molecule has 7 nitrogen and oxygen atoms in total. The lowest BCUT2D eigenvalue weighted by atomic mass is 9.97. The third-order valence-corrected chi connectivity index (χ3v) is 7.92. The minimum absolute atomic E-state index is 0.00755. The summed E-state index contributed by atoms with van der Waals surface area (Å²) in [6, 6.07) is 7.99. The summed E-state index contributed by atoms with van der Waals surface area (Å²) in [4.78, 5) is 14.6. The molecule has 1 saturated heterocycles. The molecule has 30 heavy (non-hydrogen) atoms. The van der Waals surface area contributed by atoms with Crippen LogP contribution in [0.3, 0.4) is 0 Å². The highest BCUT2D eigenvalue weighted by Gasteiger charge is 2.33. The average Bonchev–Trinajstić information content (AvgIpc) is 3.24. The monoisotopic (exact) mass is 473 g/mol. The molecule has 1 aliphatic rings. The minimum Gasteiger partial charge on any atom is -0.468 e. The Morgan fingerprint density at radius 1 is 1.27 bits per heavy atom. The van der Waals surface area contributed by atoms with E-state index in [-0.39, 0.29) is 40.9 Å². The molecule has 0 spiro atoms. The Kier molecular flexibility index (Phi) is 7.47. The number of amides is 1. The molecule has 1 unspecified atom stereocenters. The van der Waals surface area contributed by atoms with Crippen LogP contribution in [-0.2, 0) is 14.8 Å². The lowest BCUT2D eigenvalue weighted by Crippen LogP contribution is -2.44. The summed E-state index contributed by atoms with van der Waals surface area (Å²) in [6.45, 7) is 0.910. The summed E-state index contributed by atoms with van der Waals surface area (Å²) in [5, 5.41) is 3.41. The van der Waals surface area contributed by atoms with E-state index in [2.05, 4.69) is 5.32 Å². The van der Waals surface area contributed by atoms with Crippen LogP contribution in [-0.4, -0.2) is 57.3 Å². The van der Waals surface area contributed by atoms with Gasteiger partial charge in [-0.2, -0.15) is 4.31 Å². The number of benzene rings is 1. The molecular weight excluding hydrogens is 449 g/mol. The van der Waals surface area contributed by atoms with E-state index in [1.807, 2.05) is 31.1 Å². The molecule has 1 N–H and O–H groups in total. The zero-order chi connectivity index (χ0) is 21.9. The first-order valence-electron chi connectivity index (χ1n) is 9.63. The summed E-state index contributed by atoms with van der Waals surface area (Å²) < 4.78 is 32.7. The average molecular weight is 474 g/mol. The SMILES string of the molecule is CN(C)C(CNC(=O)C1CCN(S(=O)(=O)c2cc(Cl)ccc2Cl)CC1)c1ccco1. The lowest BCUT2D eigenvalue weighted by Gasteiger charge is -2.31. The van der Waals surface area contributed by atoms with E-state index in [0.29, 0.717) is 24.4 Å². The Morgan fingerprint density at radius 3 is 2.57 bits per heavy atom. The molecule has 1 aromatic heterocycles. The zero-order valence-electron chi connectivity index (χ0n) is 16.8. The largest absolute Gasteiger partial charge is 0.468 e. The number of halogens is 2. The van der Waals surface area contributed by atoms with Gasteiger partial charge in [-0.25, -0.2) is 8.42 Å². The van der Waals surface area contributed by atoms with E-state index < -0.39 is 10.0 Å². The van der Waals surface area contributed by atoms with Gasteiger partial charge in [0.1, 0.15) is 10.7 Å². The number of likely N-dealkylation sites (N-methyl/N-ethyl adjacent to an activating group) is 1. The highest BCUT2D eigenvalue weighted by molar-refractivity contribution is 7.89. The first kappa shape index (κ1) is 23.1. The van der Waals surface area contributed by atoms with Crippen molar-refractivity contribution in [1.82, 2.24) is 14.5 Å². The predicted octanol–water partition coefficient (Wildman–Crippen LogP) is 3.41. The third-order valence-electron chi connectivity index (χ3n) is 5.30. The Bertz CT molecular complexity index is 972. The van der Waals surface area contributed by atoms with E-state index in [0.717, 1.165) is 5.76 Å². The molecule has 2 aromatic rings. The molecule has 3 rings (SSSR count). The summed E-state index contributed by atoms with van der Waals surface area (Å²) in [5.41, 5.74) is 0. The van der Waals surface area contributed by atoms with Crippen LogP contribution in [0.1, 0.15) is 24.6 Å². The molecule has 10 heteroatoms. The van der Waals surface area contributed by atoms with Crippen LogP contribution >= 0.6 is 23.2 Å². The van der Waals surface area contributed by atoms with Gasteiger partial charge in [0, 0.05) is 30.6 Å². The molecule has 0 bridgehead atoms. The maximum Gasteiger partial charge on any atom is 0.244 e. The Labute approximate surface area is 187 Å². The maximum absolute atomic E-state index is 12.9. The van der Waals surface area contributed by atoms with Crippen molar-refractivity contribution in [2.75, 3.05) is 33.7 Å². The highest BCUT2D eigenvalue weighted by atomic mass is 35.5. The second kappa shape index (κ2) is 9.70. The van der Waals surface area contributed by atoms with Crippen molar-refractivity contribution in [3.63, 3.8) is 0 Å². The number of hydrogen-bond acceptors (Lipinski definition) is 5. The Balaban J connectivity index is 1.58. The van der Waals surface area contributed by atoms with Gasteiger partial charge in [0.2, 0.25) is 15.9 Å².